The van der Waals surface area contributed by atoms with Gasteiger partial charge in [-0.05, 0) is 39.8 Å². The number of nitrogens with zero attached hydrogens (tertiary/aromatic N) is 5. The minimum Gasteiger partial charge on any atom is -0.348 e. The van der Waals surface area contributed by atoms with Crippen LogP contribution < -0.4 is 0 Å². The lowest BCUT2D eigenvalue weighted by atomic mass is 10.1. The van der Waals surface area contributed by atoms with Crippen LogP contribution in [-0.2, 0) is 11.3 Å². The van der Waals surface area contributed by atoms with Crippen molar-refractivity contribution in [3.8, 4) is 0 Å². The summed E-state index contributed by atoms with van der Waals surface area (Å²) in [5.74, 6) is 0.181. The fourth-order valence-electron chi connectivity index (χ4n) is 4.62. The molecule has 3 aliphatic rings. The Kier molecular flexibility index (Phi) is 4.55. The number of rotatable bonds is 4. The number of carbonyl (C=O) groups is 1. The zero-order chi connectivity index (χ0) is 18.6. The lowest BCUT2D eigenvalue weighted by molar-refractivity contribution is -0.132. The average Bonchev–Trinajstić information content (AvgIpc) is 3.18. The highest BCUT2D eigenvalue weighted by Crippen LogP contribution is 2.50. The van der Waals surface area contributed by atoms with Crippen LogP contribution in [0.25, 0.3) is 0 Å². The molecule has 3 atom stereocenters. The number of likely N-dealkylation sites (N-methyl/N-ethyl adjacent to an activating group) is 1. The van der Waals surface area contributed by atoms with Crippen LogP contribution in [0.1, 0.15) is 37.1 Å². The van der Waals surface area contributed by atoms with E-state index in [4.69, 9.17) is 0 Å². The molecule has 0 radical (unpaired) electrons. The van der Waals surface area contributed by atoms with E-state index >= 15 is 0 Å². The monoisotopic (exact) mass is 375 g/mol. The van der Waals surface area contributed by atoms with Crippen molar-refractivity contribution in [1.29, 1.82) is 0 Å². The van der Waals surface area contributed by atoms with Crippen LogP contribution in [0.4, 0.5) is 0 Å². The number of aromatic nitrogens is 2. The Hall–Kier alpha value is -1.47. The molecule has 0 N–H and O–H groups in total. The molecule has 4 heterocycles. The smallest absolute Gasteiger partial charge is 0.226 e. The van der Waals surface area contributed by atoms with Crippen LogP contribution in [0.15, 0.2) is 16.7 Å². The van der Waals surface area contributed by atoms with Crippen molar-refractivity contribution in [3.63, 3.8) is 0 Å². The van der Waals surface area contributed by atoms with E-state index in [1.165, 1.54) is 23.4 Å². The van der Waals surface area contributed by atoms with Crippen LogP contribution in [0.2, 0.25) is 0 Å². The summed E-state index contributed by atoms with van der Waals surface area (Å²) in [6.07, 6.45) is 4.16. The normalized spacial score (nSPS) is 28.0. The molecular formula is C19H29N5OS. The van der Waals surface area contributed by atoms with Gasteiger partial charge in [0.15, 0.2) is 5.50 Å². The first-order chi connectivity index (χ1) is 12.4. The summed E-state index contributed by atoms with van der Waals surface area (Å²) in [6.45, 7) is 4.67. The number of aryl methyl sites for hydroxylation is 3. The van der Waals surface area contributed by atoms with Gasteiger partial charge in [-0.25, -0.2) is 0 Å². The van der Waals surface area contributed by atoms with Crippen LogP contribution in [0.3, 0.4) is 0 Å². The zero-order valence-corrected chi connectivity index (χ0v) is 17.2. The third-order valence-corrected chi connectivity index (χ3v) is 7.82. The first kappa shape index (κ1) is 17.9. The number of hydrogen-bond donors (Lipinski definition) is 0. The van der Waals surface area contributed by atoms with Crippen LogP contribution >= 0.6 is 11.8 Å². The minimum absolute atomic E-state index is 0.0840. The molecular weight excluding hydrogens is 346 g/mol. The topological polar surface area (TPSA) is 44.6 Å². The van der Waals surface area contributed by atoms with Gasteiger partial charge < -0.3 is 9.80 Å². The summed E-state index contributed by atoms with van der Waals surface area (Å²) in [4.78, 5) is 21.1. The average molecular weight is 376 g/mol. The summed E-state index contributed by atoms with van der Waals surface area (Å²) in [5, 5.41) is 4.46. The molecule has 4 rings (SSSR count). The molecule has 3 unspecified atom stereocenters. The van der Waals surface area contributed by atoms with E-state index in [2.05, 4.69) is 35.1 Å². The molecule has 6 nitrogen and oxygen atoms in total. The van der Waals surface area contributed by atoms with E-state index in [1.54, 1.807) is 0 Å². The largest absolute Gasteiger partial charge is 0.348 e. The number of amides is 1. The Morgan fingerprint density at radius 2 is 2.12 bits per heavy atom. The molecule has 1 aromatic rings. The molecule has 1 fully saturated rings. The van der Waals surface area contributed by atoms with Crippen LogP contribution in [0.5, 0.6) is 0 Å². The number of fused-ring (bicyclic) bond motifs is 3. The second-order valence-electron chi connectivity index (χ2n) is 7.89. The van der Waals surface area contributed by atoms with Gasteiger partial charge in [0, 0.05) is 61.9 Å². The SMILES string of the molecule is Cc1cc(C)n(CCC(=O)N(C)C2SC3=C(CC4CCC3N4C)N2C)n1. The molecule has 0 aromatic carbocycles. The van der Waals surface area contributed by atoms with Gasteiger partial charge in [-0.2, -0.15) is 5.10 Å². The van der Waals surface area contributed by atoms with Gasteiger partial charge in [0.2, 0.25) is 5.91 Å². The lowest BCUT2D eigenvalue weighted by Gasteiger charge is -2.34. The highest BCUT2D eigenvalue weighted by Gasteiger charge is 2.46. The van der Waals surface area contributed by atoms with Gasteiger partial charge in [-0.15, -0.1) is 0 Å². The van der Waals surface area contributed by atoms with Crippen molar-refractivity contribution in [2.45, 2.75) is 63.7 Å². The first-order valence-electron chi connectivity index (χ1n) is 9.48. The first-order valence-corrected chi connectivity index (χ1v) is 10.4. The van der Waals surface area contributed by atoms with Crippen molar-refractivity contribution in [2.75, 3.05) is 21.1 Å². The van der Waals surface area contributed by atoms with Crippen LogP contribution in [-0.4, -0.2) is 69.1 Å². The highest BCUT2D eigenvalue weighted by molar-refractivity contribution is 8.03. The molecule has 1 amide bonds. The molecule has 3 aliphatic heterocycles. The van der Waals surface area contributed by atoms with E-state index in [1.807, 2.05) is 42.2 Å². The summed E-state index contributed by atoms with van der Waals surface area (Å²) < 4.78 is 1.93. The molecule has 142 valence electrons. The molecule has 0 spiro atoms. The van der Waals surface area contributed by atoms with Crippen molar-refractivity contribution >= 4 is 17.7 Å². The van der Waals surface area contributed by atoms with E-state index in [0.717, 1.165) is 17.8 Å². The fraction of sp³-hybridized carbons (Fsp3) is 0.684. The number of carbonyl (C=O) groups excluding carboxylic acids is 1. The van der Waals surface area contributed by atoms with Gasteiger partial charge in [-0.3, -0.25) is 14.4 Å². The molecule has 1 saturated heterocycles. The van der Waals surface area contributed by atoms with Crippen molar-refractivity contribution < 1.29 is 4.79 Å². The summed E-state index contributed by atoms with van der Waals surface area (Å²) >= 11 is 1.88. The Morgan fingerprint density at radius 3 is 2.81 bits per heavy atom. The maximum Gasteiger partial charge on any atom is 0.226 e. The minimum atomic E-state index is 0.0840. The predicted octanol–water partition coefficient (Wildman–Crippen LogP) is 2.39. The van der Waals surface area contributed by atoms with E-state index in [0.29, 0.717) is 25.0 Å². The highest BCUT2D eigenvalue weighted by atomic mass is 32.2. The molecule has 0 saturated carbocycles. The van der Waals surface area contributed by atoms with Crippen molar-refractivity contribution in [2.24, 2.45) is 0 Å². The second kappa shape index (κ2) is 6.60. The number of thioether (sulfide) groups is 1. The predicted molar refractivity (Wildman–Crippen MR) is 104 cm³/mol. The van der Waals surface area contributed by atoms with E-state index < -0.39 is 0 Å². The summed E-state index contributed by atoms with van der Waals surface area (Å²) in [5.41, 5.74) is 3.66. The Bertz CT molecular complexity index is 757. The molecule has 7 heteroatoms. The lowest BCUT2D eigenvalue weighted by Crippen LogP contribution is -2.43. The van der Waals surface area contributed by atoms with Crippen LogP contribution in [0, 0.1) is 13.8 Å². The van der Waals surface area contributed by atoms with Gasteiger partial charge >= 0.3 is 0 Å². The zero-order valence-electron chi connectivity index (χ0n) is 16.4. The Morgan fingerprint density at radius 1 is 1.35 bits per heavy atom. The maximum absolute atomic E-state index is 12.8. The second-order valence-corrected chi connectivity index (χ2v) is 8.98. The molecule has 2 bridgehead atoms. The van der Waals surface area contributed by atoms with Crippen molar-refractivity contribution in [1.82, 2.24) is 24.5 Å². The quantitative estimate of drug-likeness (QED) is 0.809. The Balaban J connectivity index is 1.40. The van der Waals surface area contributed by atoms with Gasteiger partial charge in [0.1, 0.15) is 0 Å². The summed E-state index contributed by atoms with van der Waals surface area (Å²) in [6, 6.07) is 3.28. The standard InChI is InChI=1S/C19H29N5OS/c1-12-10-13(2)24(20-12)9-8-17(25)23(5)19-22(4)16-11-14-6-7-15(21(14)3)18(16)26-19/h10,14-15,19H,6-9,11H2,1-5H3. The summed E-state index contributed by atoms with van der Waals surface area (Å²) in [7, 11) is 6.34. The molecule has 26 heavy (non-hydrogen) atoms. The third-order valence-electron chi connectivity index (χ3n) is 6.21. The van der Waals surface area contributed by atoms with E-state index in [9.17, 15) is 4.79 Å². The fourth-order valence-corrected chi connectivity index (χ4v) is 6.21. The maximum atomic E-state index is 12.8. The van der Waals surface area contributed by atoms with Gasteiger partial charge in [0.05, 0.1) is 5.69 Å². The third kappa shape index (κ3) is 2.85. The number of hydrogen-bond acceptors (Lipinski definition) is 5. The van der Waals surface area contributed by atoms with Gasteiger partial charge in [-0.1, -0.05) is 11.8 Å². The van der Waals surface area contributed by atoms with Crippen molar-refractivity contribution in [3.05, 3.63) is 28.1 Å². The van der Waals surface area contributed by atoms with E-state index in [-0.39, 0.29) is 11.4 Å². The van der Waals surface area contributed by atoms with Gasteiger partial charge in [0.25, 0.3) is 0 Å². The Labute approximate surface area is 160 Å². The molecule has 1 aromatic heterocycles. The molecule has 0 aliphatic carbocycles.